The summed E-state index contributed by atoms with van der Waals surface area (Å²) in [5.74, 6) is 0.0609. The number of aromatic nitrogens is 3. The van der Waals surface area contributed by atoms with Gasteiger partial charge in [0.15, 0.2) is 5.65 Å². The number of halogens is 1. The van der Waals surface area contributed by atoms with Gasteiger partial charge in [-0.2, -0.15) is 5.26 Å². The maximum atomic E-state index is 13.2. The number of nitrogens with one attached hydrogen (secondary N) is 1. The van der Waals surface area contributed by atoms with E-state index in [1.54, 1.807) is 18.2 Å². The molecule has 6 nitrogen and oxygen atoms in total. The van der Waals surface area contributed by atoms with Gasteiger partial charge in [-0.25, -0.2) is 9.97 Å². The third-order valence-corrected chi connectivity index (χ3v) is 6.09. The smallest absolute Gasteiger partial charge is 0.256 e. The Hall–Kier alpha value is -4.02. The number of fused-ring (bicyclic) bond motifs is 2. The van der Waals surface area contributed by atoms with Gasteiger partial charge in [-0.15, -0.1) is 0 Å². The monoisotopic (exact) mass is 495 g/mol. The van der Waals surface area contributed by atoms with Crippen LogP contribution in [0.1, 0.15) is 34.5 Å². The average molecular weight is 496 g/mol. The lowest BCUT2D eigenvalue weighted by atomic mass is 10.1. The van der Waals surface area contributed by atoms with E-state index in [9.17, 15) is 10.1 Å². The Morgan fingerprint density at radius 3 is 2.39 bits per heavy atom. The number of para-hydroxylation sites is 2. The molecule has 0 aliphatic rings. The van der Waals surface area contributed by atoms with Gasteiger partial charge in [0.05, 0.1) is 17.1 Å². The second-order valence-corrected chi connectivity index (χ2v) is 8.56. The van der Waals surface area contributed by atoms with Crippen LogP contribution in [-0.2, 0) is 0 Å². The second-order valence-electron chi connectivity index (χ2n) is 7.64. The fourth-order valence-corrected chi connectivity index (χ4v) is 4.36. The van der Waals surface area contributed by atoms with Gasteiger partial charge in [-0.3, -0.25) is 4.79 Å². The first-order valence-electron chi connectivity index (χ1n) is 10.4. The second kappa shape index (κ2) is 8.49. The van der Waals surface area contributed by atoms with E-state index in [1.807, 2.05) is 72.2 Å². The molecule has 0 saturated heterocycles. The molecule has 7 heteroatoms. The summed E-state index contributed by atoms with van der Waals surface area (Å²) >= 11 is 3.41. The van der Waals surface area contributed by atoms with Crippen LogP contribution in [0.2, 0.25) is 0 Å². The Bertz CT molecular complexity index is 1550. The Morgan fingerprint density at radius 1 is 1.00 bits per heavy atom. The van der Waals surface area contributed by atoms with Crippen molar-refractivity contribution in [2.75, 3.05) is 5.32 Å². The zero-order valence-electron chi connectivity index (χ0n) is 17.7. The molecule has 0 aliphatic carbocycles. The molecule has 160 valence electrons. The molecule has 1 N–H and O–H groups in total. The number of nitriles is 1. The topological polar surface area (TPSA) is 83.6 Å². The molecule has 1 unspecified atom stereocenters. The molecule has 1 amide bonds. The molecule has 0 saturated carbocycles. The van der Waals surface area contributed by atoms with Crippen molar-refractivity contribution in [3.05, 3.63) is 100 Å². The van der Waals surface area contributed by atoms with Crippen LogP contribution >= 0.6 is 15.9 Å². The SMILES string of the molecule is CC(c1ccccc1)n1c(NC(=O)c2cccc(Br)c2)c(C#N)c2nc3ccccc3nc21. The molecule has 0 bridgehead atoms. The maximum Gasteiger partial charge on any atom is 0.256 e. The van der Waals surface area contributed by atoms with E-state index in [2.05, 4.69) is 27.3 Å². The summed E-state index contributed by atoms with van der Waals surface area (Å²) in [6.07, 6.45) is 0. The van der Waals surface area contributed by atoms with Gasteiger partial charge in [0.1, 0.15) is 23.0 Å². The van der Waals surface area contributed by atoms with Gasteiger partial charge in [-0.1, -0.05) is 64.5 Å². The van der Waals surface area contributed by atoms with Gasteiger partial charge >= 0.3 is 0 Å². The third-order valence-electron chi connectivity index (χ3n) is 5.59. The van der Waals surface area contributed by atoms with Gasteiger partial charge in [-0.05, 0) is 42.8 Å². The summed E-state index contributed by atoms with van der Waals surface area (Å²) in [6, 6.07) is 26.6. The molecule has 5 aromatic rings. The van der Waals surface area contributed by atoms with E-state index < -0.39 is 0 Å². The van der Waals surface area contributed by atoms with Crippen LogP contribution in [0.4, 0.5) is 5.82 Å². The molecular weight excluding hydrogens is 478 g/mol. The molecule has 1 atom stereocenters. The average Bonchev–Trinajstić information content (AvgIpc) is 3.14. The van der Waals surface area contributed by atoms with Crippen molar-refractivity contribution in [3.8, 4) is 6.07 Å². The number of hydrogen-bond acceptors (Lipinski definition) is 4. The van der Waals surface area contributed by atoms with Crippen molar-refractivity contribution in [2.24, 2.45) is 0 Å². The van der Waals surface area contributed by atoms with E-state index >= 15 is 0 Å². The highest BCUT2D eigenvalue weighted by Gasteiger charge is 2.26. The molecule has 0 spiro atoms. The normalized spacial score (nSPS) is 11.9. The first-order chi connectivity index (χ1) is 16.1. The van der Waals surface area contributed by atoms with Crippen LogP contribution in [-0.4, -0.2) is 20.4 Å². The summed E-state index contributed by atoms with van der Waals surface area (Å²) in [7, 11) is 0. The summed E-state index contributed by atoms with van der Waals surface area (Å²) in [4.78, 5) is 22.7. The molecule has 0 fully saturated rings. The number of anilines is 1. The minimum Gasteiger partial charge on any atom is -0.307 e. The Kier molecular flexibility index (Phi) is 5.37. The van der Waals surface area contributed by atoms with Crippen molar-refractivity contribution in [1.29, 1.82) is 5.26 Å². The first kappa shape index (κ1) is 20.9. The van der Waals surface area contributed by atoms with Crippen molar-refractivity contribution < 1.29 is 4.79 Å². The highest BCUT2D eigenvalue weighted by atomic mass is 79.9. The quantitative estimate of drug-likeness (QED) is 0.327. The highest BCUT2D eigenvalue weighted by molar-refractivity contribution is 9.10. The number of carbonyl (C=O) groups is 1. The molecule has 33 heavy (non-hydrogen) atoms. The van der Waals surface area contributed by atoms with Crippen LogP contribution < -0.4 is 5.32 Å². The van der Waals surface area contributed by atoms with Crippen LogP contribution in [0.25, 0.3) is 22.2 Å². The number of carbonyl (C=O) groups excluding carboxylic acids is 1. The zero-order valence-corrected chi connectivity index (χ0v) is 19.2. The maximum absolute atomic E-state index is 13.2. The number of rotatable bonds is 4. The molecular formula is C26H18BrN5O. The van der Waals surface area contributed by atoms with E-state index in [-0.39, 0.29) is 17.5 Å². The van der Waals surface area contributed by atoms with Gasteiger partial charge < -0.3 is 9.88 Å². The Labute approximate surface area is 198 Å². The number of hydrogen-bond donors (Lipinski definition) is 1. The van der Waals surface area contributed by atoms with Gasteiger partial charge in [0.25, 0.3) is 5.91 Å². The fraction of sp³-hybridized carbons (Fsp3) is 0.0769. The summed E-state index contributed by atoms with van der Waals surface area (Å²) < 4.78 is 2.68. The van der Waals surface area contributed by atoms with E-state index in [0.29, 0.717) is 28.1 Å². The largest absolute Gasteiger partial charge is 0.307 e. The summed E-state index contributed by atoms with van der Waals surface area (Å²) in [6.45, 7) is 2.02. The molecule has 5 rings (SSSR count). The van der Waals surface area contributed by atoms with Crippen LogP contribution in [0.5, 0.6) is 0 Å². The van der Waals surface area contributed by atoms with E-state index in [0.717, 1.165) is 15.6 Å². The highest BCUT2D eigenvalue weighted by Crippen LogP contribution is 2.35. The molecule has 0 radical (unpaired) electrons. The van der Waals surface area contributed by atoms with Crippen molar-refractivity contribution >= 4 is 49.9 Å². The standard InChI is InChI=1S/C26H18BrN5O/c1-16(17-8-3-2-4-9-17)32-24(31-26(33)18-10-7-11-19(27)14-18)20(15-28)23-25(32)30-22-13-6-5-12-21(22)29-23/h2-14,16H,1H3,(H,31,33). The summed E-state index contributed by atoms with van der Waals surface area (Å²) in [5, 5.41) is 13.1. The first-order valence-corrected chi connectivity index (χ1v) is 11.2. The van der Waals surface area contributed by atoms with Crippen LogP contribution in [0.3, 0.4) is 0 Å². The zero-order chi connectivity index (χ0) is 22.9. The number of nitrogens with zero attached hydrogens (tertiary/aromatic N) is 4. The van der Waals surface area contributed by atoms with Gasteiger partial charge in [0, 0.05) is 10.0 Å². The lowest BCUT2D eigenvalue weighted by Gasteiger charge is -2.19. The molecule has 2 heterocycles. The predicted molar refractivity (Wildman–Crippen MR) is 132 cm³/mol. The molecule has 0 aliphatic heterocycles. The van der Waals surface area contributed by atoms with Crippen LogP contribution in [0.15, 0.2) is 83.3 Å². The number of amides is 1. The Morgan fingerprint density at radius 2 is 1.70 bits per heavy atom. The van der Waals surface area contributed by atoms with Crippen LogP contribution in [0, 0.1) is 11.3 Å². The van der Waals surface area contributed by atoms with Crippen molar-refractivity contribution in [2.45, 2.75) is 13.0 Å². The van der Waals surface area contributed by atoms with E-state index in [4.69, 9.17) is 9.97 Å². The third kappa shape index (κ3) is 3.75. The molecule has 3 aromatic carbocycles. The summed E-state index contributed by atoms with van der Waals surface area (Å²) in [5.41, 5.74) is 4.20. The minimum atomic E-state index is -0.318. The van der Waals surface area contributed by atoms with E-state index in [1.165, 1.54) is 0 Å². The minimum absolute atomic E-state index is 0.205. The fourth-order valence-electron chi connectivity index (χ4n) is 3.96. The van der Waals surface area contributed by atoms with Crippen molar-refractivity contribution in [3.63, 3.8) is 0 Å². The lowest BCUT2D eigenvalue weighted by molar-refractivity contribution is 0.102. The van der Waals surface area contributed by atoms with Crippen molar-refractivity contribution in [1.82, 2.24) is 14.5 Å². The van der Waals surface area contributed by atoms with Gasteiger partial charge in [0.2, 0.25) is 0 Å². The predicted octanol–water partition coefficient (Wildman–Crippen LogP) is 6.08. The Balaban J connectivity index is 1.76. The molecule has 2 aromatic heterocycles. The number of benzene rings is 3. The lowest BCUT2D eigenvalue weighted by Crippen LogP contribution is -2.18.